The number of carbonyl (C=O) groups excluding carboxylic acids is 1. The average molecular weight is 246 g/mol. The fourth-order valence-electron chi connectivity index (χ4n) is 2.63. The van der Waals surface area contributed by atoms with Crippen LogP contribution in [-0.4, -0.2) is 12.4 Å². The maximum absolute atomic E-state index is 12.4. The maximum Gasteiger partial charge on any atom is 0.166 e. The molecule has 1 unspecified atom stereocenters. The van der Waals surface area contributed by atoms with Crippen LogP contribution in [0.5, 0.6) is 0 Å². The molecule has 0 aliphatic carbocycles. The van der Waals surface area contributed by atoms with Crippen molar-refractivity contribution in [3.63, 3.8) is 0 Å². The van der Waals surface area contributed by atoms with Crippen molar-refractivity contribution in [1.29, 1.82) is 0 Å². The van der Waals surface area contributed by atoms with Gasteiger partial charge in [-0.1, -0.05) is 51.0 Å². The predicted molar refractivity (Wildman–Crippen MR) is 72.5 cm³/mol. The Morgan fingerprint density at radius 2 is 2.06 bits per heavy atom. The molecule has 2 nitrogen and oxygen atoms in total. The van der Waals surface area contributed by atoms with Crippen LogP contribution in [0, 0.1) is 5.92 Å². The first-order valence-electron chi connectivity index (χ1n) is 6.98. The first-order valence-corrected chi connectivity index (χ1v) is 6.98. The molecule has 1 aromatic rings. The van der Waals surface area contributed by atoms with Gasteiger partial charge in [0, 0.05) is 6.42 Å². The summed E-state index contributed by atoms with van der Waals surface area (Å²) < 4.78 is 5.71. The van der Waals surface area contributed by atoms with Gasteiger partial charge in [0.05, 0.1) is 6.61 Å². The molecule has 1 atom stereocenters. The Morgan fingerprint density at radius 3 is 2.78 bits per heavy atom. The number of hydrogen-bond acceptors (Lipinski definition) is 2. The normalized spacial score (nSPS) is 18.7. The average Bonchev–Trinajstić information content (AvgIpc) is 2.43. The number of ketones is 1. The van der Waals surface area contributed by atoms with Gasteiger partial charge in [-0.05, 0) is 23.5 Å². The second-order valence-corrected chi connectivity index (χ2v) is 5.05. The van der Waals surface area contributed by atoms with E-state index in [0.717, 1.165) is 24.8 Å². The van der Waals surface area contributed by atoms with Gasteiger partial charge >= 0.3 is 0 Å². The highest BCUT2D eigenvalue weighted by Crippen LogP contribution is 2.30. The summed E-state index contributed by atoms with van der Waals surface area (Å²) in [5.74, 6) is 0.742. The smallest absolute Gasteiger partial charge is 0.166 e. The quantitative estimate of drug-likeness (QED) is 0.792. The van der Waals surface area contributed by atoms with Gasteiger partial charge in [0.2, 0.25) is 0 Å². The van der Waals surface area contributed by atoms with E-state index in [1.807, 2.05) is 18.2 Å². The predicted octanol–water partition coefficient (Wildman–Crippen LogP) is 3.70. The number of carbonyl (C=O) groups is 1. The van der Waals surface area contributed by atoms with Gasteiger partial charge in [-0.2, -0.15) is 0 Å². The third kappa shape index (κ3) is 2.81. The van der Waals surface area contributed by atoms with Gasteiger partial charge in [-0.25, -0.2) is 0 Å². The van der Waals surface area contributed by atoms with Crippen LogP contribution >= 0.6 is 0 Å². The van der Waals surface area contributed by atoms with Crippen LogP contribution in [0.15, 0.2) is 24.3 Å². The summed E-state index contributed by atoms with van der Waals surface area (Å²) in [4.78, 5) is 12.4. The van der Waals surface area contributed by atoms with E-state index in [0.29, 0.717) is 18.9 Å². The highest BCUT2D eigenvalue weighted by atomic mass is 16.5. The first kappa shape index (κ1) is 13.3. The van der Waals surface area contributed by atoms with Crippen LogP contribution in [0.2, 0.25) is 0 Å². The SMILES string of the molecule is CCC(CC)CC(=O)C1OCCc2ccccc21. The Balaban J connectivity index is 2.12. The minimum absolute atomic E-state index is 0.246. The minimum atomic E-state index is -0.324. The molecule has 1 aliphatic rings. The molecule has 0 saturated heterocycles. The monoisotopic (exact) mass is 246 g/mol. The van der Waals surface area contributed by atoms with Crippen molar-refractivity contribution >= 4 is 5.78 Å². The molecule has 0 aromatic heterocycles. The molecule has 0 radical (unpaired) electrons. The first-order chi connectivity index (χ1) is 8.76. The molecule has 1 aromatic carbocycles. The fraction of sp³-hybridized carbons (Fsp3) is 0.562. The molecular formula is C16H22O2. The molecular weight excluding hydrogens is 224 g/mol. The largest absolute Gasteiger partial charge is 0.365 e. The number of Topliss-reactive ketones (excluding diaryl/α,β-unsaturated/α-hetero) is 1. The van der Waals surface area contributed by atoms with E-state index in [9.17, 15) is 4.79 Å². The highest BCUT2D eigenvalue weighted by molar-refractivity contribution is 5.85. The molecule has 0 amide bonds. The Labute approximate surface area is 109 Å². The lowest BCUT2D eigenvalue weighted by molar-refractivity contribution is -0.132. The van der Waals surface area contributed by atoms with Crippen molar-refractivity contribution in [2.45, 2.75) is 45.6 Å². The maximum atomic E-state index is 12.4. The molecule has 0 saturated carbocycles. The highest BCUT2D eigenvalue weighted by Gasteiger charge is 2.27. The summed E-state index contributed by atoms with van der Waals surface area (Å²) in [5, 5.41) is 0. The topological polar surface area (TPSA) is 26.3 Å². The van der Waals surface area contributed by atoms with Crippen molar-refractivity contribution in [3.05, 3.63) is 35.4 Å². The van der Waals surface area contributed by atoms with Crippen LogP contribution in [0.3, 0.4) is 0 Å². The van der Waals surface area contributed by atoms with Gasteiger partial charge < -0.3 is 4.74 Å². The van der Waals surface area contributed by atoms with E-state index in [1.54, 1.807) is 0 Å². The lowest BCUT2D eigenvalue weighted by Gasteiger charge is -2.26. The molecule has 18 heavy (non-hydrogen) atoms. The molecule has 1 aliphatic heterocycles. The zero-order valence-electron chi connectivity index (χ0n) is 11.3. The van der Waals surface area contributed by atoms with Crippen LogP contribution in [0.25, 0.3) is 0 Å². The molecule has 98 valence electrons. The van der Waals surface area contributed by atoms with Crippen molar-refractivity contribution in [2.75, 3.05) is 6.61 Å². The van der Waals surface area contributed by atoms with Crippen molar-refractivity contribution in [2.24, 2.45) is 5.92 Å². The van der Waals surface area contributed by atoms with E-state index >= 15 is 0 Å². The third-order valence-electron chi connectivity index (χ3n) is 3.93. The lowest BCUT2D eigenvalue weighted by atomic mass is 9.89. The third-order valence-corrected chi connectivity index (χ3v) is 3.93. The van der Waals surface area contributed by atoms with Gasteiger partial charge in [0.15, 0.2) is 5.78 Å². The van der Waals surface area contributed by atoms with E-state index in [-0.39, 0.29) is 11.9 Å². The fourth-order valence-corrected chi connectivity index (χ4v) is 2.63. The molecule has 2 rings (SSSR count). The number of rotatable bonds is 5. The minimum Gasteiger partial charge on any atom is -0.365 e. The molecule has 0 spiro atoms. The van der Waals surface area contributed by atoms with Gasteiger partial charge in [0.25, 0.3) is 0 Å². The van der Waals surface area contributed by atoms with Crippen molar-refractivity contribution in [1.82, 2.24) is 0 Å². The lowest BCUT2D eigenvalue weighted by Crippen LogP contribution is -2.24. The Hall–Kier alpha value is -1.15. The van der Waals surface area contributed by atoms with Gasteiger partial charge in [0.1, 0.15) is 6.10 Å². The Bertz CT molecular complexity index is 407. The molecule has 2 heteroatoms. The number of ether oxygens (including phenoxy) is 1. The van der Waals surface area contributed by atoms with E-state index in [2.05, 4.69) is 19.9 Å². The molecule has 0 fully saturated rings. The summed E-state index contributed by atoms with van der Waals surface area (Å²) in [6.45, 7) is 4.96. The summed E-state index contributed by atoms with van der Waals surface area (Å²) in [6, 6.07) is 8.16. The van der Waals surface area contributed by atoms with Crippen LogP contribution in [0.1, 0.15) is 50.3 Å². The standard InChI is InChI=1S/C16H22O2/c1-3-12(4-2)11-15(17)16-14-8-6-5-7-13(14)9-10-18-16/h5-8,12,16H,3-4,9-11H2,1-2H3. The van der Waals surface area contributed by atoms with Crippen molar-refractivity contribution in [3.8, 4) is 0 Å². The van der Waals surface area contributed by atoms with Gasteiger partial charge in [-0.15, -0.1) is 0 Å². The zero-order valence-corrected chi connectivity index (χ0v) is 11.3. The summed E-state index contributed by atoms with van der Waals surface area (Å²) in [5.41, 5.74) is 2.35. The molecule has 0 bridgehead atoms. The summed E-state index contributed by atoms with van der Waals surface area (Å²) >= 11 is 0. The number of fused-ring (bicyclic) bond motifs is 1. The van der Waals surface area contributed by atoms with E-state index in [4.69, 9.17) is 4.74 Å². The molecule has 1 heterocycles. The summed E-state index contributed by atoms with van der Waals surface area (Å²) in [7, 11) is 0. The second-order valence-electron chi connectivity index (χ2n) is 5.05. The van der Waals surface area contributed by atoms with E-state index in [1.165, 1.54) is 5.56 Å². The van der Waals surface area contributed by atoms with Crippen LogP contribution in [-0.2, 0) is 16.0 Å². The summed E-state index contributed by atoms with van der Waals surface area (Å²) in [6.07, 6.45) is 3.37. The van der Waals surface area contributed by atoms with Gasteiger partial charge in [-0.3, -0.25) is 4.79 Å². The zero-order chi connectivity index (χ0) is 13.0. The van der Waals surface area contributed by atoms with Crippen LogP contribution < -0.4 is 0 Å². The number of benzene rings is 1. The second kappa shape index (κ2) is 6.14. The Kier molecular flexibility index (Phi) is 4.54. The molecule has 0 N–H and O–H groups in total. The van der Waals surface area contributed by atoms with Crippen molar-refractivity contribution < 1.29 is 9.53 Å². The number of hydrogen-bond donors (Lipinski definition) is 0. The van der Waals surface area contributed by atoms with Crippen LogP contribution in [0.4, 0.5) is 0 Å². The Morgan fingerprint density at radius 1 is 1.33 bits per heavy atom. The van der Waals surface area contributed by atoms with E-state index < -0.39 is 0 Å².